The molecule has 2 saturated heterocycles. The molecule has 0 aromatic carbocycles. The summed E-state index contributed by atoms with van der Waals surface area (Å²) in [6.45, 7) is 6.76. The van der Waals surface area contributed by atoms with Crippen LogP contribution < -0.4 is 10.6 Å². The Morgan fingerprint density at radius 1 is 0.432 bits per heavy atom. The quantitative estimate of drug-likeness (QED) is 0.111. The number of hydrogen-bond acceptors (Lipinski definition) is 25. The molecule has 4 aliphatic rings. The highest BCUT2D eigenvalue weighted by molar-refractivity contribution is 6.22. The van der Waals surface area contributed by atoms with Crippen LogP contribution in [0.2, 0.25) is 0 Å². The first-order valence-electron chi connectivity index (χ1n) is 22.0. The lowest BCUT2D eigenvalue weighted by Gasteiger charge is -2.45. The van der Waals surface area contributed by atoms with E-state index >= 15 is 0 Å². The highest BCUT2D eigenvalue weighted by Crippen LogP contribution is 2.36. The minimum absolute atomic E-state index is 0.493. The second kappa shape index (κ2) is 24.2. The van der Waals surface area contributed by atoms with Gasteiger partial charge in [0.1, 0.15) is 49.0 Å². The zero-order valence-corrected chi connectivity index (χ0v) is 40.5. The number of nitrogens with zero attached hydrogens (tertiary/aromatic N) is 1. The molecule has 394 valence electrons. The van der Waals surface area contributed by atoms with Crippen molar-refractivity contribution in [2.24, 2.45) is 0 Å². The van der Waals surface area contributed by atoms with E-state index in [0.717, 1.165) is 79.7 Å². The molecule has 2 aliphatic carbocycles. The second-order valence-corrected chi connectivity index (χ2v) is 16.3. The third-order valence-electron chi connectivity index (χ3n) is 10.5. The number of hydrogen-bond donors (Lipinski definition) is 2. The molecule has 0 bridgehead atoms. The van der Waals surface area contributed by atoms with Gasteiger partial charge in [-0.25, -0.2) is 4.98 Å². The summed E-state index contributed by atoms with van der Waals surface area (Å²) in [7, 11) is 0. The van der Waals surface area contributed by atoms with Gasteiger partial charge in [0.25, 0.3) is 11.8 Å². The van der Waals surface area contributed by atoms with Gasteiger partial charge in [-0.15, -0.1) is 0 Å². The topological polar surface area (TPSA) is 368 Å². The maximum atomic E-state index is 13.7. The molecule has 5 rings (SSSR count). The summed E-state index contributed by atoms with van der Waals surface area (Å²) >= 11 is 0. The summed E-state index contributed by atoms with van der Waals surface area (Å²) < 4.78 is 54.3. The zero-order chi connectivity index (χ0) is 54.9. The van der Waals surface area contributed by atoms with Gasteiger partial charge in [-0.2, -0.15) is 0 Å². The monoisotopic (exact) mass is 1040 g/mol. The number of esters is 8. The number of amides is 2. The molecule has 2 amide bonds. The van der Waals surface area contributed by atoms with Crippen molar-refractivity contribution in [1.29, 1.82) is 0 Å². The molecule has 0 radical (unpaired) electrons. The Labute approximate surface area is 418 Å². The highest BCUT2D eigenvalue weighted by Gasteiger charge is 2.56. The number of ether oxygens (including phenoxy) is 10. The fraction of sp³-hybridized carbons (Fsp3) is 0.426. The van der Waals surface area contributed by atoms with Crippen molar-refractivity contribution in [2.75, 3.05) is 13.2 Å². The number of allylic oxidation sites excluding steroid dienone is 4. The van der Waals surface area contributed by atoms with E-state index in [1.54, 1.807) is 0 Å². The Morgan fingerprint density at radius 2 is 0.743 bits per heavy atom. The molecule has 0 unspecified atom stereocenters. The Morgan fingerprint density at radius 3 is 1.05 bits per heavy atom. The van der Waals surface area contributed by atoms with E-state index < -0.39 is 191 Å². The Hall–Kier alpha value is -8.59. The van der Waals surface area contributed by atoms with Crippen LogP contribution in [-0.2, 0) is 105 Å². The minimum atomic E-state index is -1.74. The summed E-state index contributed by atoms with van der Waals surface area (Å²) in [5.41, 5.74) is -3.26. The van der Waals surface area contributed by atoms with Crippen LogP contribution in [0.15, 0.2) is 65.0 Å². The van der Waals surface area contributed by atoms with Crippen molar-refractivity contribution in [3.63, 3.8) is 0 Å². The lowest BCUT2D eigenvalue weighted by atomic mass is 9.86. The van der Waals surface area contributed by atoms with Gasteiger partial charge in [0.05, 0.1) is 11.4 Å². The molecule has 2 aliphatic heterocycles. The van der Waals surface area contributed by atoms with Crippen LogP contribution in [0.3, 0.4) is 0 Å². The largest absolute Gasteiger partial charge is 0.463 e. The highest BCUT2D eigenvalue weighted by atomic mass is 16.7. The normalized spacial score (nSPS) is 25.5. The van der Waals surface area contributed by atoms with Crippen LogP contribution >= 0.6 is 0 Å². The van der Waals surface area contributed by atoms with Crippen LogP contribution in [-0.4, -0.2) is 162 Å². The fourth-order valence-corrected chi connectivity index (χ4v) is 7.81. The first-order valence-corrected chi connectivity index (χ1v) is 22.0. The van der Waals surface area contributed by atoms with E-state index in [-0.39, 0.29) is 0 Å². The molecule has 2 fully saturated rings. The Balaban J connectivity index is 1.35. The lowest BCUT2D eigenvalue weighted by molar-refractivity contribution is -0.246. The van der Waals surface area contributed by atoms with Crippen molar-refractivity contribution in [1.82, 2.24) is 15.6 Å². The number of aromatic nitrogens is 1. The maximum Gasteiger partial charge on any atom is 0.303 e. The van der Waals surface area contributed by atoms with Crippen molar-refractivity contribution >= 4 is 82.7 Å². The van der Waals surface area contributed by atoms with Crippen LogP contribution in [0.25, 0.3) is 0 Å². The third-order valence-corrected chi connectivity index (χ3v) is 10.5. The number of carbonyl (C=O) groups excluding carboxylic acids is 14. The van der Waals surface area contributed by atoms with Gasteiger partial charge in [-0.3, -0.25) is 67.1 Å². The van der Waals surface area contributed by atoms with Crippen molar-refractivity contribution in [3.8, 4) is 0 Å². The van der Waals surface area contributed by atoms with Crippen LogP contribution in [0, 0.1) is 0 Å². The first kappa shape index (κ1) is 56.3. The number of rotatable bonds is 16. The van der Waals surface area contributed by atoms with Crippen LogP contribution in [0.1, 0.15) is 76.4 Å². The van der Waals surface area contributed by atoms with Gasteiger partial charge in [-0.1, -0.05) is 6.07 Å². The van der Waals surface area contributed by atoms with Crippen molar-refractivity contribution < 1.29 is 114 Å². The molecule has 0 spiro atoms. The maximum absolute atomic E-state index is 13.7. The van der Waals surface area contributed by atoms with Gasteiger partial charge in [0.15, 0.2) is 48.2 Å². The lowest BCUT2D eigenvalue weighted by Crippen LogP contribution is -2.63. The number of carbonyl (C=O) groups is 14. The fourth-order valence-electron chi connectivity index (χ4n) is 7.81. The average Bonchev–Trinajstić information content (AvgIpc) is 3.29. The molecule has 10 atom stereocenters. The van der Waals surface area contributed by atoms with Crippen LogP contribution in [0.4, 0.5) is 0 Å². The predicted octanol–water partition coefficient (Wildman–Crippen LogP) is -1.28. The van der Waals surface area contributed by atoms with Gasteiger partial charge in [0, 0.05) is 78.7 Å². The van der Waals surface area contributed by atoms with Gasteiger partial charge < -0.3 is 58.0 Å². The molecule has 27 nitrogen and oxygen atoms in total. The van der Waals surface area contributed by atoms with E-state index in [1.165, 1.54) is 6.07 Å². The molecule has 74 heavy (non-hydrogen) atoms. The molecule has 1 aromatic rings. The second-order valence-electron chi connectivity index (χ2n) is 16.3. The SMILES string of the molecule is CC(=O)OC[C@H]1O[C@@H](C2=CC(=O)C(NC(=O)c3cccc(C(=O)NC4=CC(=O)C([C@@H]5O[C@H](COC(C)=O)[C@@H](OC(C)=O)[C@H](OC(C)=O)[C@H]5OC(C)=O)=CC4=O)n3)=CC2=O)[C@H](OC(C)=O)[C@@H](OC(C)=O)[C@@H]1OC(C)=O. The Bertz CT molecular complexity index is 2540. The zero-order valence-electron chi connectivity index (χ0n) is 40.5. The third kappa shape index (κ3) is 14.3. The predicted molar refractivity (Wildman–Crippen MR) is 235 cm³/mol. The van der Waals surface area contributed by atoms with Gasteiger partial charge in [0.2, 0.25) is 11.6 Å². The molecular weight excluding hydrogens is 991 g/mol. The van der Waals surface area contributed by atoms with Crippen LogP contribution in [0.5, 0.6) is 0 Å². The molecule has 3 heterocycles. The summed E-state index contributed by atoms with van der Waals surface area (Å²) in [6.07, 6.45) is -13.5. The standard InChI is InChI=1S/C47H47N3O24/c1-18(51)65-16-36-40(67-20(3)53)44(71-24(7)57)42(69-22(5)55)38(73-36)26-12-34(61)30(14-32(26)59)49-46(63)28-10-9-11-29(48-28)47(64)50-31-15-33(60)27(13-35(31)62)39-43(70-23(6)56)45(72-25(8)58)41(68-21(4)54)37(74-39)17-66-19(2)52/h9-15,36-45H,16-17H2,1-8H3,(H,49,63)(H,50,64)/t36-,37-,38+,39+,40-,41-,42+,43+,44+,45+/m1/s1. The summed E-state index contributed by atoms with van der Waals surface area (Å²) in [6, 6.07) is 3.40. The number of pyridine rings is 1. The van der Waals surface area contributed by atoms with Crippen molar-refractivity contribution in [2.45, 2.75) is 116 Å². The molecular formula is C47H47N3O24. The summed E-state index contributed by atoms with van der Waals surface area (Å²) in [5.74, 6) is -13.7. The molecule has 27 heteroatoms. The smallest absolute Gasteiger partial charge is 0.303 e. The molecule has 2 N–H and O–H groups in total. The molecule has 1 aromatic heterocycles. The van der Waals surface area contributed by atoms with Gasteiger partial charge >= 0.3 is 47.8 Å². The van der Waals surface area contributed by atoms with Crippen molar-refractivity contribution in [3.05, 3.63) is 76.4 Å². The van der Waals surface area contributed by atoms with E-state index in [0.29, 0.717) is 12.2 Å². The summed E-state index contributed by atoms with van der Waals surface area (Å²) in [5, 5.41) is 4.41. The van der Waals surface area contributed by atoms with E-state index in [9.17, 15) is 67.1 Å². The minimum Gasteiger partial charge on any atom is -0.463 e. The Kier molecular flexibility index (Phi) is 18.4. The van der Waals surface area contributed by atoms with E-state index in [2.05, 4.69) is 15.6 Å². The number of ketones is 4. The van der Waals surface area contributed by atoms with E-state index in [4.69, 9.17) is 47.4 Å². The number of nitrogens with one attached hydrogen (secondary N) is 2. The average molecular weight is 1040 g/mol. The molecule has 0 saturated carbocycles. The first-order chi connectivity index (χ1) is 34.7. The van der Waals surface area contributed by atoms with Gasteiger partial charge in [-0.05, 0) is 24.3 Å². The van der Waals surface area contributed by atoms with E-state index in [1.807, 2.05) is 0 Å². The summed E-state index contributed by atoms with van der Waals surface area (Å²) in [4.78, 5) is 182.